The molecular formula is C24H29FN4O3S. The van der Waals surface area contributed by atoms with Gasteiger partial charge in [-0.05, 0) is 39.0 Å². The number of nitrogens with one attached hydrogen (secondary N) is 3. The number of benzene rings is 1. The second-order valence-electron chi connectivity index (χ2n) is 8.32. The molecule has 1 aromatic heterocycles. The van der Waals surface area contributed by atoms with Crippen LogP contribution in [0.4, 0.5) is 10.1 Å². The van der Waals surface area contributed by atoms with Crippen LogP contribution in [0.15, 0.2) is 47.9 Å². The Balaban J connectivity index is 1.78. The van der Waals surface area contributed by atoms with E-state index >= 15 is 0 Å². The van der Waals surface area contributed by atoms with Crippen LogP contribution < -0.4 is 20.7 Å². The Hall–Kier alpha value is -3.04. The number of amides is 1. The Kier molecular flexibility index (Phi) is 7.99. The normalized spacial score (nSPS) is 14.0. The van der Waals surface area contributed by atoms with Crippen molar-refractivity contribution in [2.75, 3.05) is 25.6 Å². The predicted octanol–water partition coefficient (Wildman–Crippen LogP) is 3.64. The fourth-order valence-electron chi connectivity index (χ4n) is 3.19. The standard InChI is InChI=1S/C24H29FN4O3S/c1-15-17(25)6-5-7-18(15)29-23(33)21-19(9-11-27-22(21)30)28-12-16-8-10-26-13-20(16)32-14-24(2,3)31-4/h5-8,10,13,28H,9,11-12,14H2,1-4H3,(H,27,30)(H,29,33). The quantitative estimate of drug-likeness (QED) is 0.481. The highest BCUT2D eigenvalue weighted by molar-refractivity contribution is 7.81. The average Bonchev–Trinajstić information content (AvgIpc) is 2.80. The molecule has 7 nitrogen and oxygen atoms in total. The Bertz CT molecular complexity index is 1070. The van der Waals surface area contributed by atoms with Crippen molar-refractivity contribution in [2.45, 2.75) is 39.3 Å². The van der Waals surface area contributed by atoms with Gasteiger partial charge in [-0.1, -0.05) is 18.3 Å². The molecule has 2 heterocycles. The molecule has 1 aromatic carbocycles. The second kappa shape index (κ2) is 10.7. The number of halogens is 1. The summed E-state index contributed by atoms with van der Waals surface area (Å²) in [5.74, 6) is 0.0158. The molecule has 0 aliphatic carbocycles. The topological polar surface area (TPSA) is 84.5 Å². The lowest BCUT2D eigenvalue weighted by Crippen LogP contribution is -2.39. The van der Waals surface area contributed by atoms with Gasteiger partial charge in [0.25, 0.3) is 5.91 Å². The first-order chi connectivity index (χ1) is 15.7. The lowest BCUT2D eigenvalue weighted by atomic mass is 10.1. The lowest BCUT2D eigenvalue weighted by Gasteiger charge is -2.25. The highest BCUT2D eigenvalue weighted by atomic mass is 32.1. The first-order valence-electron chi connectivity index (χ1n) is 10.6. The van der Waals surface area contributed by atoms with Crippen LogP contribution in [-0.4, -0.2) is 41.7 Å². The number of anilines is 1. The molecule has 33 heavy (non-hydrogen) atoms. The number of rotatable bonds is 9. The van der Waals surface area contributed by atoms with E-state index in [0.29, 0.717) is 54.4 Å². The van der Waals surface area contributed by atoms with Crippen molar-refractivity contribution in [3.8, 4) is 5.75 Å². The molecule has 1 aliphatic rings. The molecule has 0 saturated carbocycles. The van der Waals surface area contributed by atoms with Crippen molar-refractivity contribution >= 4 is 28.8 Å². The van der Waals surface area contributed by atoms with Crippen LogP contribution in [0.25, 0.3) is 0 Å². The summed E-state index contributed by atoms with van der Waals surface area (Å²) in [5.41, 5.74) is 2.46. The molecule has 1 amide bonds. The molecular weight excluding hydrogens is 443 g/mol. The molecule has 2 aromatic rings. The Morgan fingerprint density at radius 3 is 2.88 bits per heavy atom. The highest BCUT2D eigenvalue weighted by Gasteiger charge is 2.25. The molecule has 3 N–H and O–H groups in total. The van der Waals surface area contributed by atoms with Gasteiger partial charge in [0, 0.05) is 55.3 Å². The molecule has 176 valence electrons. The Morgan fingerprint density at radius 2 is 2.12 bits per heavy atom. The van der Waals surface area contributed by atoms with Gasteiger partial charge >= 0.3 is 0 Å². The third-order valence-corrected chi connectivity index (χ3v) is 5.73. The van der Waals surface area contributed by atoms with Crippen LogP contribution in [0.2, 0.25) is 0 Å². The van der Waals surface area contributed by atoms with Gasteiger partial charge < -0.3 is 25.4 Å². The van der Waals surface area contributed by atoms with Crippen molar-refractivity contribution in [1.82, 2.24) is 15.6 Å². The maximum atomic E-state index is 13.9. The number of aromatic nitrogens is 1. The molecule has 0 saturated heterocycles. The zero-order chi connectivity index (χ0) is 24.0. The molecule has 0 radical (unpaired) electrons. The van der Waals surface area contributed by atoms with Crippen molar-refractivity contribution in [2.24, 2.45) is 0 Å². The third-order valence-electron chi connectivity index (χ3n) is 5.42. The minimum absolute atomic E-state index is 0.233. The summed E-state index contributed by atoms with van der Waals surface area (Å²) in [7, 11) is 1.64. The van der Waals surface area contributed by atoms with Crippen LogP contribution in [0, 0.1) is 12.7 Å². The van der Waals surface area contributed by atoms with Crippen LogP contribution in [-0.2, 0) is 16.1 Å². The van der Waals surface area contributed by atoms with Gasteiger partial charge in [0.05, 0.1) is 17.4 Å². The number of hydrogen-bond acceptors (Lipinski definition) is 6. The van der Waals surface area contributed by atoms with Gasteiger partial charge in [0.2, 0.25) is 0 Å². The monoisotopic (exact) mass is 472 g/mol. The third kappa shape index (κ3) is 6.27. The fraction of sp³-hybridized carbons (Fsp3) is 0.375. The smallest absolute Gasteiger partial charge is 0.256 e. The minimum atomic E-state index is -0.440. The molecule has 0 bridgehead atoms. The number of hydrogen-bond donors (Lipinski definition) is 3. The summed E-state index contributed by atoms with van der Waals surface area (Å²) in [5, 5.41) is 9.18. The lowest BCUT2D eigenvalue weighted by molar-refractivity contribution is -0.117. The Labute approximate surface area is 198 Å². The number of carbonyl (C=O) groups is 1. The van der Waals surface area contributed by atoms with Crippen LogP contribution in [0.5, 0.6) is 5.75 Å². The van der Waals surface area contributed by atoms with E-state index in [-0.39, 0.29) is 16.7 Å². The number of pyridine rings is 1. The summed E-state index contributed by atoms with van der Waals surface area (Å²) in [6.45, 7) is 6.80. The van der Waals surface area contributed by atoms with E-state index in [4.69, 9.17) is 21.7 Å². The largest absolute Gasteiger partial charge is 0.489 e. The van der Waals surface area contributed by atoms with E-state index in [1.54, 1.807) is 38.6 Å². The van der Waals surface area contributed by atoms with E-state index in [2.05, 4.69) is 20.9 Å². The zero-order valence-corrected chi connectivity index (χ0v) is 20.1. The van der Waals surface area contributed by atoms with Crippen LogP contribution in [0.1, 0.15) is 31.4 Å². The van der Waals surface area contributed by atoms with Gasteiger partial charge in [-0.15, -0.1) is 0 Å². The molecule has 0 spiro atoms. The van der Waals surface area contributed by atoms with Crippen molar-refractivity contribution in [3.05, 3.63) is 64.9 Å². The van der Waals surface area contributed by atoms with E-state index in [1.807, 2.05) is 19.9 Å². The molecule has 1 aliphatic heterocycles. The predicted molar refractivity (Wildman–Crippen MR) is 130 cm³/mol. The summed E-state index contributed by atoms with van der Waals surface area (Å²) >= 11 is 5.52. The van der Waals surface area contributed by atoms with Crippen molar-refractivity contribution in [3.63, 3.8) is 0 Å². The van der Waals surface area contributed by atoms with Gasteiger partial charge in [0.1, 0.15) is 23.2 Å². The number of ether oxygens (including phenoxy) is 2. The number of thiocarbonyl (C=S) groups is 1. The van der Waals surface area contributed by atoms with Crippen molar-refractivity contribution in [1.29, 1.82) is 0 Å². The first kappa shape index (κ1) is 24.6. The minimum Gasteiger partial charge on any atom is -0.489 e. The first-order valence-corrected chi connectivity index (χ1v) is 11.0. The van der Waals surface area contributed by atoms with Gasteiger partial charge in [0.15, 0.2) is 0 Å². The Morgan fingerprint density at radius 1 is 1.33 bits per heavy atom. The zero-order valence-electron chi connectivity index (χ0n) is 19.3. The van der Waals surface area contributed by atoms with Gasteiger partial charge in [-0.3, -0.25) is 9.78 Å². The van der Waals surface area contributed by atoms with E-state index in [9.17, 15) is 9.18 Å². The maximum absolute atomic E-state index is 13.9. The molecule has 9 heteroatoms. The van der Waals surface area contributed by atoms with Crippen LogP contribution >= 0.6 is 12.2 Å². The molecule has 0 unspecified atom stereocenters. The fourth-order valence-corrected chi connectivity index (χ4v) is 3.52. The summed E-state index contributed by atoms with van der Waals surface area (Å²) < 4.78 is 25.3. The summed E-state index contributed by atoms with van der Waals surface area (Å²) in [6, 6.07) is 6.56. The average molecular weight is 473 g/mol. The van der Waals surface area contributed by atoms with E-state index in [0.717, 1.165) is 5.56 Å². The van der Waals surface area contributed by atoms with E-state index < -0.39 is 5.60 Å². The number of carbonyl (C=O) groups excluding carboxylic acids is 1. The van der Waals surface area contributed by atoms with Crippen LogP contribution in [0.3, 0.4) is 0 Å². The molecule has 3 rings (SSSR count). The highest BCUT2D eigenvalue weighted by Crippen LogP contribution is 2.23. The SMILES string of the molecule is COC(C)(C)COc1cnccc1CNC1=C(C(=S)Nc2cccc(F)c2C)C(=O)NCC1. The maximum Gasteiger partial charge on any atom is 0.256 e. The van der Waals surface area contributed by atoms with Gasteiger partial charge in [-0.2, -0.15) is 0 Å². The summed E-state index contributed by atoms with van der Waals surface area (Å²) in [4.78, 5) is 17.0. The number of methoxy groups -OCH3 is 1. The van der Waals surface area contributed by atoms with Gasteiger partial charge in [-0.25, -0.2) is 4.39 Å². The van der Waals surface area contributed by atoms with Crippen molar-refractivity contribution < 1.29 is 18.7 Å². The van der Waals surface area contributed by atoms with E-state index in [1.165, 1.54) is 6.07 Å². The molecule has 0 fully saturated rings. The second-order valence-corrected chi connectivity index (χ2v) is 8.72. The molecule has 0 atom stereocenters. The number of nitrogens with zero attached hydrogens (tertiary/aromatic N) is 1. The summed E-state index contributed by atoms with van der Waals surface area (Å²) in [6.07, 6.45) is 3.93.